The third kappa shape index (κ3) is 2.48. The Morgan fingerprint density at radius 1 is 1.04 bits per heavy atom. The molecular formula is C19H24ClNO3. The quantitative estimate of drug-likeness (QED) is 0.807. The smallest absolute Gasteiger partial charge is 0.168 e. The van der Waals surface area contributed by atoms with E-state index in [0.717, 1.165) is 53.0 Å². The van der Waals surface area contributed by atoms with Crippen LogP contribution in [0.5, 0.6) is 0 Å². The normalized spacial score (nSPS) is 25.1. The van der Waals surface area contributed by atoms with Crippen molar-refractivity contribution < 1.29 is 14.6 Å². The predicted octanol–water partition coefficient (Wildman–Crippen LogP) is 3.89. The summed E-state index contributed by atoms with van der Waals surface area (Å²) in [7, 11) is 0. The fourth-order valence-electron chi connectivity index (χ4n) is 4.56. The molecule has 4 rings (SSSR count). The first kappa shape index (κ1) is 16.4. The Balaban J connectivity index is 1.65. The molecule has 5 heteroatoms. The maximum absolute atomic E-state index is 11.1. The van der Waals surface area contributed by atoms with Crippen LogP contribution >= 0.6 is 11.6 Å². The third-order valence-corrected chi connectivity index (χ3v) is 6.04. The Morgan fingerprint density at radius 2 is 1.62 bits per heavy atom. The summed E-state index contributed by atoms with van der Waals surface area (Å²) < 4.78 is 11.6. The standard InChI is InChI=1S/C19H24ClNO3/c1-12-9-14(20)10-13(2)16(12)15-11-21-18(17(15)22)3-5-19(6-4-18)23-7-8-24-19/h9-10,21-22H,3-8,11H2,1-2H3. The Morgan fingerprint density at radius 3 is 2.21 bits per heavy atom. The number of aryl methyl sites for hydroxylation is 2. The van der Waals surface area contributed by atoms with Crippen molar-refractivity contribution in [3.8, 4) is 0 Å². The first-order valence-electron chi connectivity index (χ1n) is 8.67. The van der Waals surface area contributed by atoms with Crippen LogP contribution in [-0.4, -0.2) is 36.2 Å². The fraction of sp³-hybridized carbons (Fsp3) is 0.579. The average Bonchev–Trinajstić information content (AvgIpc) is 3.10. The highest BCUT2D eigenvalue weighted by Gasteiger charge is 2.50. The van der Waals surface area contributed by atoms with Gasteiger partial charge in [-0.2, -0.15) is 0 Å². The van der Waals surface area contributed by atoms with Crippen molar-refractivity contribution in [1.29, 1.82) is 0 Å². The predicted molar refractivity (Wildman–Crippen MR) is 94.3 cm³/mol. The van der Waals surface area contributed by atoms with Crippen LogP contribution in [0.3, 0.4) is 0 Å². The lowest BCUT2D eigenvalue weighted by molar-refractivity contribution is -0.184. The highest BCUT2D eigenvalue weighted by Crippen LogP contribution is 2.47. The summed E-state index contributed by atoms with van der Waals surface area (Å²) in [5.74, 6) is 0.0751. The van der Waals surface area contributed by atoms with E-state index < -0.39 is 5.79 Å². The third-order valence-electron chi connectivity index (χ3n) is 5.82. The van der Waals surface area contributed by atoms with Crippen molar-refractivity contribution in [1.82, 2.24) is 5.32 Å². The molecule has 1 aliphatic carbocycles. The summed E-state index contributed by atoms with van der Waals surface area (Å²) >= 11 is 6.15. The second-order valence-corrected chi connectivity index (χ2v) is 7.72. The monoisotopic (exact) mass is 349 g/mol. The molecule has 1 saturated heterocycles. The summed E-state index contributed by atoms with van der Waals surface area (Å²) in [5.41, 5.74) is 4.00. The summed E-state index contributed by atoms with van der Waals surface area (Å²) in [6.45, 7) is 6.14. The van der Waals surface area contributed by atoms with Crippen LogP contribution in [-0.2, 0) is 9.47 Å². The van der Waals surface area contributed by atoms with E-state index in [1.165, 1.54) is 0 Å². The molecule has 3 aliphatic rings. The highest BCUT2D eigenvalue weighted by atomic mass is 35.5. The molecule has 0 unspecified atom stereocenters. The van der Waals surface area contributed by atoms with Gasteiger partial charge in [-0.25, -0.2) is 0 Å². The summed E-state index contributed by atoms with van der Waals surface area (Å²) in [6.07, 6.45) is 3.29. The minimum atomic E-state index is -0.415. The van der Waals surface area contributed by atoms with E-state index in [0.29, 0.717) is 25.5 Å². The second kappa shape index (κ2) is 5.73. The number of halogens is 1. The van der Waals surface area contributed by atoms with Crippen molar-refractivity contribution in [2.24, 2.45) is 0 Å². The van der Waals surface area contributed by atoms with Gasteiger partial charge in [0.05, 0.1) is 18.8 Å². The lowest BCUT2D eigenvalue weighted by atomic mass is 9.77. The molecule has 0 atom stereocenters. The average molecular weight is 350 g/mol. The van der Waals surface area contributed by atoms with E-state index in [4.69, 9.17) is 21.1 Å². The molecule has 2 aliphatic heterocycles. The van der Waals surface area contributed by atoms with Crippen molar-refractivity contribution >= 4 is 17.2 Å². The van der Waals surface area contributed by atoms with E-state index in [1.807, 2.05) is 12.1 Å². The van der Waals surface area contributed by atoms with Crippen LogP contribution in [0, 0.1) is 13.8 Å². The molecule has 24 heavy (non-hydrogen) atoms. The largest absolute Gasteiger partial charge is 0.510 e. The minimum Gasteiger partial charge on any atom is -0.510 e. The van der Waals surface area contributed by atoms with Gasteiger partial charge < -0.3 is 19.9 Å². The van der Waals surface area contributed by atoms with Gasteiger partial charge in [0.1, 0.15) is 5.76 Å². The van der Waals surface area contributed by atoms with Gasteiger partial charge in [-0.15, -0.1) is 0 Å². The molecule has 0 radical (unpaired) electrons. The molecule has 0 aromatic heterocycles. The minimum absolute atomic E-state index is 0.339. The number of benzene rings is 1. The number of rotatable bonds is 1. The fourth-order valence-corrected chi connectivity index (χ4v) is 4.89. The molecule has 2 heterocycles. The zero-order chi connectivity index (χ0) is 16.9. The van der Waals surface area contributed by atoms with Gasteiger partial charge in [-0.3, -0.25) is 0 Å². The number of ether oxygens (including phenoxy) is 2. The van der Waals surface area contributed by atoms with E-state index in [-0.39, 0.29) is 5.54 Å². The molecule has 2 fully saturated rings. The summed E-state index contributed by atoms with van der Waals surface area (Å²) in [4.78, 5) is 0. The van der Waals surface area contributed by atoms with Crippen LogP contribution < -0.4 is 5.32 Å². The lowest BCUT2D eigenvalue weighted by Gasteiger charge is -2.41. The van der Waals surface area contributed by atoms with Gasteiger partial charge in [-0.1, -0.05) is 11.6 Å². The number of nitrogens with one attached hydrogen (secondary N) is 1. The maximum Gasteiger partial charge on any atom is 0.168 e. The Bertz CT molecular complexity index is 674. The molecule has 1 saturated carbocycles. The van der Waals surface area contributed by atoms with Crippen molar-refractivity contribution in [2.45, 2.75) is 50.9 Å². The number of aliphatic hydroxyl groups is 1. The first-order valence-corrected chi connectivity index (χ1v) is 9.05. The molecule has 4 nitrogen and oxygen atoms in total. The topological polar surface area (TPSA) is 50.7 Å². The first-order chi connectivity index (χ1) is 11.4. The van der Waals surface area contributed by atoms with Gasteiger partial charge in [0.25, 0.3) is 0 Å². The molecule has 1 aromatic rings. The molecule has 0 amide bonds. The van der Waals surface area contributed by atoms with Gasteiger partial charge in [0, 0.05) is 30.0 Å². The van der Waals surface area contributed by atoms with E-state index >= 15 is 0 Å². The number of aliphatic hydroxyl groups excluding tert-OH is 1. The van der Waals surface area contributed by atoms with Crippen molar-refractivity contribution in [3.05, 3.63) is 39.6 Å². The van der Waals surface area contributed by atoms with Gasteiger partial charge in [0.2, 0.25) is 0 Å². The second-order valence-electron chi connectivity index (χ2n) is 7.29. The van der Waals surface area contributed by atoms with Crippen LogP contribution in [0.4, 0.5) is 0 Å². The van der Waals surface area contributed by atoms with E-state index in [2.05, 4.69) is 19.2 Å². The van der Waals surface area contributed by atoms with Crippen LogP contribution in [0.25, 0.3) is 5.57 Å². The van der Waals surface area contributed by atoms with Gasteiger partial charge >= 0.3 is 0 Å². The lowest BCUT2D eigenvalue weighted by Crippen LogP contribution is -2.50. The van der Waals surface area contributed by atoms with Gasteiger partial charge in [0.15, 0.2) is 5.79 Å². The zero-order valence-electron chi connectivity index (χ0n) is 14.2. The number of hydrogen-bond acceptors (Lipinski definition) is 4. The van der Waals surface area contributed by atoms with E-state index in [9.17, 15) is 5.11 Å². The van der Waals surface area contributed by atoms with Crippen LogP contribution in [0.1, 0.15) is 42.4 Å². The summed E-state index contributed by atoms with van der Waals surface area (Å²) in [6, 6.07) is 3.93. The SMILES string of the molecule is Cc1cc(Cl)cc(C)c1C1=C(O)C2(CCC3(CC2)OCCO3)NC1. The van der Waals surface area contributed by atoms with Crippen molar-refractivity contribution in [3.63, 3.8) is 0 Å². The zero-order valence-corrected chi connectivity index (χ0v) is 15.0. The molecule has 2 N–H and O–H groups in total. The molecular weight excluding hydrogens is 326 g/mol. The van der Waals surface area contributed by atoms with Crippen LogP contribution in [0.15, 0.2) is 17.9 Å². The highest BCUT2D eigenvalue weighted by molar-refractivity contribution is 6.30. The Labute approximate surface area is 147 Å². The molecule has 130 valence electrons. The summed E-state index contributed by atoms with van der Waals surface area (Å²) in [5, 5.41) is 15.4. The Kier molecular flexibility index (Phi) is 3.92. The van der Waals surface area contributed by atoms with E-state index in [1.54, 1.807) is 0 Å². The molecule has 0 bridgehead atoms. The maximum atomic E-state index is 11.1. The van der Waals surface area contributed by atoms with Gasteiger partial charge in [-0.05, 0) is 55.5 Å². The van der Waals surface area contributed by atoms with Crippen LogP contribution in [0.2, 0.25) is 5.02 Å². The molecule has 1 aromatic carbocycles. The van der Waals surface area contributed by atoms with Crippen molar-refractivity contribution in [2.75, 3.05) is 19.8 Å². The Hall–Kier alpha value is -1.07. The molecule has 2 spiro atoms. The number of hydrogen-bond donors (Lipinski definition) is 2.